The molecule has 20 rings (SSSR count). The summed E-state index contributed by atoms with van der Waals surface area (Å²) >= 11 is 0. The highest BCUT2D eigenvalue weighted by molar-refractivity contribution is 6.15. The van der Waals surface area contributed by atoms with E-state index in [1.165, 1.54) is 137 Å². The lowest BCUT2D eigenvalue weighted by Gasteiger charge is -2.11. The van der Waals surface area contributed by atoms with Gasteiger partial charge in [0.15, 0.2) is 0 Å². The van der Waals surface area contributed by atoms with Gasteiger partial charge in [-0.05, 0) is 201 Å². The number of pyridine rings is 2. The molecular weight excluding hydrogens is 1210 g/mol. The van der Waals surface area contributed by atoms with Gasteiger partial charge in [-0.1, -0.05) is 212 Å². The Kier molecular flexibility index (Phi) is 14.1. The number of para-hydroxylation sites is 4. The van der Waals surface area contributed by atoms with Gasteiger partial charge in [0.1, 0.15) is 0 Å². The van der Waals surface area contributed by atoms with Crippen LogP contribution in [-0.4, -0.2) is 28.2 Å². The maximum Gasteiger partial charge on any atom is 0.0702 e. The molecule has 6 nitrogen and oxygen atoms in total. The summed E-state index contributed by atoms with van der Waals surface area (Å²) in [5.74, 6) is 0. The van der Waals surface area contributed by atoms with Gasteiger partial charge in [0.25, 0.3) is 0 Å². The first-order valence-corrected chi connectivity index (χ1v) is 34.1. The Morgan fingerprint density at radius 2 is 0.450 bits per heavy atom. The maximum absolute atomic E-state index is 4.60. The standard InChI is InChI=1S/2C47H31N3/c1-2-11-32(12-3-1)33-20-24-37(25-21-33)49-44-18-6-4-15-39(44)41-30-34(22-26-46(41)49)35-23-27-47-42(31-35)40-16-5-7-19-45(40)50(47)38-14-10-13-36(29-38)43-17-8-9-28-48-43;1-2-9-32(10-3-1)33-17-21-38(22-18-33)49-44-15-6-4-13-40(44)42-30-36(19-23-46(42)49)37-20-24-47-43(31-37)41-14-5-7-16-45(41)50(47)39-12-8-11-35(29-39)34-25-27-48-28-26-34/h2*1-31H. The number of hydrogen-bond acceptors (Lipinski definition) is 2. The minimum Gasteiger partial charge on any atom is -0.309 e. The third-order valence-electron chi connectivity index (χ3n) is 20.0. The summed E-state index contributed by atoms with van der Waals surface area (Å²) in [6.07, 6.45) is 5.55. The molecule has 0 bridgehead atoms. The molecule has 0 saturated carbocycles. The third-order valence-corrected chi connectivity index (χ3v) is 20.0. The van der Waals surface area contributed by atoms with Gasteiger partial charge in [-0.3, -0.25) is 9.97 Å². The van der Waals surface area contributed by atoms with Gasteiger partial charge in [0.2, 0.25) is 0 Å². The summed E-state index contributed by atoms with van der Waals surface area (Å²) in [5.41, 5.74) is 28.3. The molecule has 0 amide bonds. The fourth-order valence-corrected chi connectivity index (χ4v) is 15.3. The van der Waals surface area contributed by atoms with Crippen LogP contribution in [0.4, 0.5) is 0 Å². The lowest BCUT2D eigenvalue weighted by molar-refractivity contribution is 1.18. The SMILES string of the molecule is c1ccc(-c2ccc(-n3c4ccccc4c4cc(-c5ccc6c(c5)c5ccccc5n6-c5cccc(-c6ccccn6)c5)ccc43)cc2)cc1.c1ccc(-c2ccc(-n3c4ccccc4c4cc(-c5ccc6c(c5)c5ccccc5n6-c5cccc(-c6ccncc6)c5)ccc43)cc2)cc1. The van der Waals surface area contributed by atoms with Crippen molar-refractivity contribution in [3.63, 3.8) is 0 Å². The summed E-state index contributed by atoms with van der Waals surface area (Å²) in [6.45, 7) is 0. The normalized spacial score (nSPS) is 11.6. The highest BCUT2D eigenvalue weighted by Crippen LogP contribution is 2.42. The molecule has 0 saturated heterocycles. The fraction of sp³-hybridized carbons (Fsp3) is 0. The summed E-state index contributed by atoms with van der Waals surface area (Å²) in [7, 11) is 0. The van der Waals surface area contributed by atoms with Crippen molar-refractivity contribution in [2.24, 2.45) is 0 Å². The Hall–Kier alpha value is -13.4. The second-order valence-electron chi connectivity index (χ2n) is 25.7. The van der Waals surface area contributed by atoms with Gasteiger partial charge in [-0.15, -0.1) is 0 Å². The Morgan fingerprint density at radius 3 is 0.840 bits per heavy atom. The van der Waals surface area contributed by atoms with Crippen LogP contribution in [0.25, 0.3) is 177 Å². The summed E-state index contributed by atoms with van der Waals surface area (Å²) < 4.78 is 9.54. The number of benzene rings is 14. The van der Waals surface area contributed by atoms with Crippen molar-refractivity contribution in [1.29, 1.82) is 0 Å². The van der Waals surface area contributed by atoms with Gasteiger partial charge in [-0.25, -0.2) is 0 Å². The van der Waals surface area contributed by atoms with Crippen LogP contribution in [0.2, 0.25) is 0 Å². The van der Waals surface area contributed by atoms with Crippen LogP contribution in [0.15, 0.2) is 377 Å². The molecule has 0 spiro atoms. The molecule has 6 heterocycles. The van der Waals surface area contributed by atoms with Crippen molar-refractivity contribution in [1.82, 2.24) is 28.2 Å². The van der Waals surface area contributed by atoms with E-state index < -0.39 is 0 Å². The Bertz CT molecular complexity index is 6080. The minimum atomic E-state index is 0.971. The van der Waals surface area contributed by atoms with Crippen molar-refractivity contribution < 1.29 is 0 Å². The minimum absolute atomic E-state index is 0.971. The zero-order valence-electron chi connectivity index (χ0n) is 54.5. The molecule has 0 N–H and O–H groups in total. The predicted octanol–water partition coefficient (Wildman–Crippen LogP) is 24.6. The average Bonchev–Trinajstić information content (AvgIpc) is 1.59. The molecule has 0 unspecified atom stereocenters. The zero-order valence-corrected chi connectivity index (χ0v) is 54.5. The van der Waals surface area contributed by atoms with Crippen LogP contribution in [0, 0.1) is 0 Å². The molecular formula is C94H62N6. The smallest absolute Gasteiger partial charge is 0.0702 e. The largest absolute Gasteiger partial charge is 0.309 e. The lowest BCUT2D eigenvalue weighted by Crippen LogP contribution is -1.94. The van der Waals surface area contributed by atoms with E-state index in [1.54, 1.807) is 0 Å². The first-order valence-electron chi connectivity index (χ1n) is 34.1. The molecule has 20 aromatic rings. The molecule has 0 aliphatic rings. The third kappa shape index (κ3) is 10.0. The van der Waals surface area contributed by atoms with E-state index in [2.05, 4.69) is 374 Å². The van der Waals surface area contributed by atoms with Crippen molar-refractivity contribution in [3.05, 3.63) is 377 Å². The molecule has 0 atom stereocenters. The quantitative estimate of drug-likeness (QED) is 0.137. The lowest BCUT2D eigenvalue weighted by atomic mass is 10.0. The molecule has 6 aromatic heterocycles. The number of fused-ring (bicyclic) bond motifs is 12. The summed E-state index contributed by atoms with van der Waals surface area (Å²) in [4.78, 5) is 8.82. The number of nitrogens with zero attached hydrogens (tertiary/aromatic N) is 6. The molecule has 0 radical (unpaired) electrons. The van der Waals surface area contributed by atoms with Crippen LogP contribution in [0.5, 0.6) is 0 Å². The number of rotatable bonds is 10. The van der Waals surface area contributed by atoms with Crippen LogP contribution in [0.1, 0.15) is 0 Å². The number of hydrogen-bond donors (Lipinski definition) is 0. The molecule has 468 valence electrons. The van der Waals surface area contributed by atoms with E-state index in [-0.39, 0.29) is 0 Å². The Morgan fingerprint density at radius 1 is 0.160 bits per heavy atom. The van der Waals surface area contributed by atoms with Crippen LogP contribution < -0.4 is 0 Å². The van der Waals surface area contributed by atoms with Gasteiger partial charge in [0.05, 0.1) is 49.8 Å². The van der Waals surface area contributed by atoms with E-state index in [0.29, 0.717) is 0 Å². The van der Waals surface area contributed by atoms with E-state index in [0.717, 1.165) is 39.6 Å². The van der Waals surface area contributed by atoms with E-state index >= 15 is 0 Å². The molecule has 6 heteroatoms. The van der Waals surface area contributed by atoms with Crippen LogP contribution in [-0.2, 0) is 0 Å². The molecule has 14 aromatic carbocycles. The van der Waals surface area contributed by atoms with E-state index in [1.807, 2.05) is 30.7 Å². The topological polar surface area (TPSA) is 45.5 Å². The highest BCUT2D eigenvalue weighted by Gasteiger charge is 2.20. The summed E-state index contributed by atoms with van der Waals surface area (Å²) in [6, 6.07) is 129. The zero-order chi connectivity index (χ0) is 66.0. The van der Waals surface area contributed by atoms with Crippen molar-refractivity contribution >= 4 is 87.2 Å². The van der Waals surface area contributed by atoms with Crippen molar-refractivity contribution in [2.45, 2.75) is 0 Å². The van der Waals surface area contributed by atoms with E-state index in [4.69, 9.17) is 0 Å². The van der Waals surface area contributed by atoms with Crippen LogP contribution in [0.3, 0.4) is 0 Å². The monoisotopic (exact) mass is 1270 g/mol. The fourth-order valence-electron chi connectivity index (χ4n) is 15.3. The maximum atomic E-state index is 4.60. The van der Waals surface area contributed by atoms with E-state index in [9.17, 15) is 0 Å². The summed E-state index contributed by atoms with van der Waals surface area (Å²) in [5, 5.41) is 9.97. The first-order chi connectivity index (χ1) is 49.6. The molecule has 0 fully saturated rings. The van der Waals surface area contributed by atoms with Crippen molar-refractivity contribution in [2.75, 3.05) is 0 Å². The second-order valence-corrected chi connectivity index (χ2v) is 25.7. The van der Waals surface area contributed by atoms with Crippen molar-refractivity contribution in [3.8, 4) is 89.6 Å². The molecule has 100 heavy (non-hydrogen) atoms. The highest BCUT2D eigenvalue weighted by atomic mass is 15.0. The first kappa shape index (κ1) is 58.0. The van der Waals surface area contributed by atoms with Gasteiger partial charge >= 0.3 is 0 Å². The second kappa shape index (κ2) is 24.3. The van der Waals surface area contributed by atoms with Gasteiger partial charge in [0, 0.05) is 90.0 Å². The Balaban J connectivity index is 0.000000139. The Labute approximate surface area is 578 Å². The van der Waals surface area contributed by atoms with Gasteiger partial charge < -0.3 is 18.3 Å². The predicted molar refractivity (Wildman–Crippen MR) is 418 cm³/mol. The average molecular weight is 1280 g/mol. The molecule has 0 aliphatic carbocycles. The number of aromatic nitrogens is 6. The molecule has 0 aliphatic heterocycles. The van der Waals surface area contributed by atoms with Gasteiger partial charge in [-0.2, -0.15) is 0 Å². The van der Waals surface area contributed by atoms with Crippen LogP contribution >= 0.6 is 0 Å².